The molecule has 0 saturated carbocycles. The summed E-state index contributed by atoms with van der Waals surface area (Å²) in [5.74, 6) is 3.28. The van der Waals surface area contributed by atoms with Gasteiger partial charge in [-0.25, -0.2) is 29.5 Å². The number of aromatic amines is 2. The van der Waals surface area contributed by atoms with Crippen LogP contribution < -0.4 is 40.6 Å². The number of rotatable bonds is 16. The molecule has 0 saturated heterocycles. The maximum atomic E-state index is 11.7. The van der Waals surface area contributed by atoms with Gasteiger partial charge in [0.25, 0.3) is 0 Å². The summed E-state index contributed by atoms with van der Waals surface area (Å²) in [5, 5.41) is 22.6. The molecule has 0 aliphatic carbocycles. The molecule has 0 aliphatic rings. The van der Waals surface area contributed by atoms with Crippen molar-refractivity contribution in [2.24, 2.45) is 0 Å². The van der Waals surface area contributed by atoms with Gasteiger partial charge in [-0.3, -0.25) is 10.2 Å². The number of nitrogens with one attached hydrogen (secondary N) is 5. The first kappa shape index (κ1) is 45.1. The monoisotopic (exact) mass is 838 g/mol. The van der Waals surface area contributed by atoms with Crippen LogP contribution in [0.2, 0.25) is 5.15 Å². The van der Waals surface area contributed by atoms with Crippen LogP contribution in [-0.4, -0.2) is 104 Å². The average Bonchev–Trinajstić information content (AvgIpc) is 3.82. The predicted octanol–water partition coefficient (Wildman–Crippen LogP) is 6.32. The highest BCUT2D eigenvalue weighted by Gasteiger charge is 2.20. The number of amides is 2. The van der Waals surface area contributed by atoms with Gasteiger partial charge in [-0.1, -0.05) is 11.6 Å². The Morgan fingerprint density at radius 2 is 1.22 bits per heavy atom. The van der Waals surface area contributed by atoms with Crippen LogP contribution in [0.3, 0.4) is 0 Å². The lowest BCUT2D eigenvalue weighted by Gasteiger charge is -2.19. The van der Waals surface area contributed by atoms with Gasteiger partial charge in [0.15, 0.2) is 5.82 Å². The molecule has 21 heteroatoms. The summed E-state index contributed by atoms with van der Waals surface area (Å²) in [6, 6.07) is 6.90. The van der Waals surface area contributed by atoms with E-state index in [1.165, 1.54) is 12.4 Å². The lowest BCUT2D eigenvalue weighted by Crippen LogP contribution is -2.33. The van der Waals surface area contributed by atoms with Crippen LogP contribution in [0.5, 0.6) is 23.3 Å². The normalized spacial score (nSPS) is 11.1. The van der Waals surface area contributed by atoms with Gasteiger partial charge in [0.1, 0.15) is 50.6 Å². The van der Waals surface area contributed by atoms with Gasteiger partial charge < -0.3 is 50.1 Å². The fourth-order valence-corrected chi connectivity index (χ4v) is 4.98. The van der Waals surface area contributed by atoms with Crippen LogP contribution in [0, 0.1) is 0 Å². The van der Waals surface area contributed by atoms with E-state index >= 15 is 0 Å². The fraction of sp³-hybridized carbons (Fsp3) is 0.421. The topological polar surface area (TPSA) is 261 Å². The van der Waals surface area contributed by atoms with Crippen LogP contribution >= 0.6 is 11.6 Å². The highest BCUT2D eigenvalue weighted by Crippen LogP contribution is 2.37. The molecule has 2 amide bonds. The number of halogens is 1. The molecule has 5 aromatic rings. The molecule has 318 valence electrons. The molecule has 0 unspecified atom stereocenters. The van der Waals surface area contributed by atoms with Crippen LogP contribution in [0.4, 0.5) is 27.0 Å². The summed E-state index contributed by atoms with van der Waals surface area (Å²) in [5.41, 5.74) is 7.14. The average molecular weight is 839 g/mol. The lowest BCUT2D eigenvalue weighted by atomic mass is 10.2. The van der Waals surface area contributed by atoms with E-state index in [4.69, 9.17) is 45.8 Å². The van der Waals surface area contributed by atoms with Crippen molar-refractivity contribution < 1.29 is 38.0 Å². The number of nitrogen functional groups attached to an aromatic ring is 1. The Bertz CT molecular complexity index is 2100. The number of aromatic nitrogens is 8. The summed E-state index contributed by atoms with van der Waals surface area (Å²) >= 11 is 5.77. The minimum Gasteiger partial charge on any atom is -0.496 e. The molecule has 20 nitrogen and oxygen atoms in total. The highest BCUT2D eigenvalue weighted by atomic mass is 35.5. The molecule has 5 aromatic heterocycles. The van der Waals surface area contributed by atoms with Gasteiger partial charge in [0, 0.05) is 37.6 Å². The Hall–Kier alpha value is -6.57. The van der Waals surface area contributed by atoms with Gasteiger partial charge in [-0.15, -0.1) is 0 Å². The maximum Gasteiger partial charge on any atom is 0.407 e. The second-order valence-electron chi connectivity index (χ2n) is 14.4. The zero-order valence-electron chi connectivity index (χ0n) is 34.3. The second-order valence-corrected chi connectivity index (χ2v) is 14.8. The van der Waals surface area contributed by atoms with Crippen molar-refractivity contribution in [3.05, 3.63) is 54.2 Å². The number of hydrogen-bond donors (Lipinski definition) is 6. The van der Waals surface area contributed by atoms with Crippen molar-refractivity contribution in [3.63, 3.8) is 0 Å². The van der Waals surface area contributed by atoms with E-state index in [1.807, 2.05) is 41.5 Å². The Kier molecular flexibility index (Phi) is 16.3. The SMILES string of the molecule is COc1ccnc(OCCCNC(=O)OC(C)(C)C)c1-c1cc(N)n[nH]1.COc1ccnc(OCCCNC(=O)OC(C)(C)C)c1-c1cc(Nc2cnc(Cl)cn2)n[nH]1. The molecule has 0 radical (unpaired) electrons. The Labute approximate surface area is 346 Å². The smallest absolute Gasteiger partial charge is 0.407 e. The van der Waals surface area contributed by atoms with Crippen LogP contribution in [0.1, 0.15) is 54.4 Å². The van der Waals surface area contributed by atoms with Crippen molar-refractivity contribution in [1.82, 2.24) is 51.0 Å². The maximum absolute atomic E-state index is 11.7. The van der Waals surface area contributed by atoms with Gasteiger partial charge in [0.2, 0.25) is 11.8 Å². The number of alkyl carbamates (subject to hydrolysis) is 2. The zero-order valence-corrected chi connectivity index (χ0v) is 35.0. The zero-order chi connectivity index (χ0) is 43.0. The summed E-state index contributed by atoms with van der Waals surface area (Å²) in [6.45, 7) is 12.4. The molecule has 7 N–H and O–H groups in total. The van der Waals surface area contributed by atoms with Crippen molar-refractivity contribution >= 4 is 41.2 Å². The summed E-state index contributed by atoms with van der Waals surface area (Å²) in [6.07, 6.45) is 6.35. The molecular weight excluding hydrogens is 788 g/mol. The van der Waals surface area contributed by atoms with E-state index in [-0.39, 0.29) is 0 Å². The van der Waals surface area contributed by atoms with E-state index in [0.717, 1.165) is 0 Å². The number of nitrogens with zero attached hydrogens (tertiary/aromatic N) is 6. The first-order chi connectivity index (χ1) is 28.0. The number of nitrogens with two attached hydrogens (primary N) is 1. The van der Waals surface area contributed by atoms with Crippen LogP contribution in [0.15, 0.2) is 49.1 Å². The first-order valence-electron chi connectivity index (χ1n) is 18.4. The highest BCUT2D eigenvalue weighted by molar-refractivity contribution is 6.29. The molecule has 59 heavy (non-hydrogen) atoms. The van der Waals surface area contributed by atoms with E-state index < -0.39 is 23.4 Å². The van der Waals surface area contributed by atoms with E-state index in [2.05, 4.69) is 56.3 Å². The third-order valence-corrected chi connectivity index (χ3v) is 7.44. The summed E-state index contributed by atoms with van der Waals surface area (Å²) in [4.78, 5) is 40.0. The lowest BCUT2D eigenvalue weighted by molar-refractivity contribution is 0.0513. The third-order valence-electron chi connectivity index (χ3n) is 7.24. The minimum atomic E-state index is -0.544. The van der Waals surface area contributed by atoms with E-state index in [0.29, 0.717) is 108 Å². The van der Waals surface area contributed by atoms with Crippen molar-refractivity contribution in [2.75, 3.05) is 51.6 Å². The number of anilines is 3. The molecule has 5 rings (SSSR count). The Morgan fingerprint density at radius 1 is 0.712 bits per heavy atom. The number of methoxy groups -OCH3 is 2. The van der Waals surface area contributed by atoms with Crippen LogP contribution in [-0.2, 0) is 9.47 Å². The van der Waals surface area contributed by atoms with Gasteiger partial charge in [-0.05, 0) is 66.5 Å². The van der Waals surface area contributed by atoms with Gasteiger partial charge in [-0.2, -0.15) is 10.2 Å². The quantitative estimate of drug-likeness (QED) is 0.0594. The molecule has 0 bridgehead atoms. The Morgan fingerprint density at radius 3 is 1.66 bits per heavy atom. The summed E-state index contributed by atoms with van der Waals surface area (Å²) in [7, 11) is 3.12. The molecule has 0 atom stereocenters. The van der Waals surface area contributed by atoms with Gasteiger partial charge in [0.05, 0.1) is 51.2 Å². The number of H-pyrrole nitrogens is 2. The van der Waals surface area contributed by atoms with Gasteiger partial charge >= 0.3 is 12.2 Å². The number of carbonyl (C=O) groups excluding carboxylic acids is 2. The molecule has 5 heterocycles. The number of pyridine rings is 2. The molecular formula is C38H51ClN12O8. The first-order valence-corrected chi connectivity index (χ1v) is 18.8. The van der Waals surface area contributed by atoms with Crippen molar-refractivity contribution in [1.29, 1.82) is 0 Å². The molecule has 0 aliphatic heterocycles. The number of hydrogen-bond acceptors (Lipinski definition) is 16. The van der Waals surface area contributed by atoms with Crippen molar-refractivity contribution in [2.45, 2.75) is 65.6 Å². The predicted molar refractivity (Wildman–Crippen MR) is 220 cm³/mol. The van der Waals surface area contributed by atoms with E-state index in [9.17, 15) is 9.59 Å². The number of ether oxygens (including phenoxy) is 6. The summed E-state index contributed by atoms with van der Waals surface area (Å²) < 4.78 is 32.9. The van der Waals surface area contributed by atoms with Crippen LogP contribution in [0.25, 0.3) is 22.5 Å². The fourth-order valence-electron chi connectivity index (χ4n) is 4.89. The standard InChI is InChI=1S/C21H26ClN7O4.C17H25N5O4/c1-21(2,3)33-20(30)24-7-5-9-32-19-18(14(31-4)6-8-23-19)13-10-16(29-28-13)27-17-12-25-15(22)11-26-17;1-17(2,3)26-16(23)20-7-5-9-25-15-14(11-10-13(18)22-21-11)12(24-4)6-8-19-15/h6,8,10-12H,5,7,9H2,1-4H3,(H,24,30)(H2,26,27,28,29);6,8,10H,5,7,9H2,1-4H3,(H,20,23)(H3,18,21,22). The third kappa shape index (κ3) is 15.0. The molecule has 0 fully saturated rings. The second kappa shape index (κ2) is 21.3. The van der Waals surface area contributed by atoms with E-state index in [1.54, 1.807) is 50.9 Å². The minimum absolute atomic E-state index is 0.298. The number of carbonyl (C=O) groups is 2. The Balaban J connectivity index is 0.000000268. The molecule has 0 spiro atoms. The molecule has 0 aromatic carbocycles. The largest absolute Gasteiger partial charge is 0.496 e. The van der Waals surface area contributed by atoms with Crippen molar-refractivity contribution in [3.8, 4) is 45.8 Å².